The van der Waals surface area contributed by atoms with Crippen molar-refractivity contribution in [3.8, 4) is 0 Å². The monoisotopic (exact) mass is 515 g/mol. The van der Waals surface area contributed by atoms with E-state index in [0.29, 0.717) is 5.56 Å². The summed E-state index contributed by atoms with van der Waals surface area (Å²) in [5, 5.41) is 11.5. The number of nitrogens with zero attached hydrogens (tertiary/aromatic N) is 1. The van der Waals surface area contributed by atoms with Gasteiger partial charge in [-0.2, -0.15) is 0 Å². The van der Waals surface area contributed by atoms with Crippen LogP contribution in [-0.2, 0) is 20.0 Å². The largest absolute Gasteiger partial charge is 0.280 e. The Morgan fingerprint density at radius 1 is 0.781 bits per heavy atom. The second-order valence-electron chi connectivity index (χ2n) is 6.60. The summed E-state index contributed by atoms with van der Waals surface area (Å²) in [6.07, 6.45) is 0. The maximum Gasteiger partial charge on any atom is 0.270 e. The number of anilines is 2. The summed E-state index contributed by atoms with van der Waals surface area (Å²) in [5.74, 6) is 0. The maximum absolute atomic E-state index is 12.7. The van der Waals surface area contributed by atoms with Crippen molar-refractivity contribution >= 4 is 60.3 Å². The Bertz CT molecular complexity index is 1390. The van der Waals surface area contributed by atoms with E-state index in [1.54, 1.807) is 0 Å². The van der Waals surface area contributed by atoms with E-state index in [9.17, 15) is 26.9 Å². The van der Waals surface area contributed by atoms with Crippen LogP contribution in [0, 0.1) is 17.0 Å². The molecule has 0 bridgehead atoms. The van der Waals surface area contributed by atoms with Gasteiger partial charge in [0.2, 0.25) is 0 Å². The SMILES string of the molecule is Cc1ccc([N+](=O)[O-])cc1S(=O)(=O)Nc1ccc(S(=O)(=O)Nc2cc(Cl)cc(Cl)c2)cc1. The standard InChI is InChI=1S/C19H15Cl2N3O6S2/c1-12-2-5-17(24(25)26)11-19(12)32(29,30)22-15-3-6-18(7-4-15)31(27,28)23-16-9-13(20)8-14(21)10-16/h2-11,22-23H,1H3. The molecule has 0 unspecified atom stereocenters. The maximum atomic E-state index is 12.7. The van der Waals surface area contributed by atoms with Gasteiger partial charge in [-0.25, -0.2) is 16.8 Å². The topological polar surface area (TPSA) is 135 Å². The van der Waals surface area contributed by atoms with Crippen molar-refractivity contribution in [3.63, 3.8) is 0 Å². The third-order valence-electron chi connectivity index (χ3n) is 4.20. The molecule has 0 saturated carbocycles. The Kier molecular flexibility index (Phi) is 6.65. The van der Waals surface area contributed by atoms with Gasteiger partial charge in [0.05, 0.1) is 20.4 Å². The van der Waals surface area contributed by atoms with Crippen molar-refractivity contribution in [1.29, 1.82) is 0 Å². The Morgan fingerprint density at radius 3 is 1.91 bits per heavy atom. The quantitative estimate of drug-likeness (QED) is 0.342. The van der Waals surface area contributed by atoms with Crippen LogP contribution in [0.2, 0.25) is 10.0 Å². The van der Waals surface area contributed by atoms with Crippen molar-refractivity contribution in [3.05, 3.63) is 86.4 Å². The molecule has 3 rings (SSSR count). The Morgan fingerprint density at radius 2 is 1.34 bits per heavy atom. The average Bonchev–Trinajstić information content (AvgIpc) is 2.67. The molecular weight excluding hydrogens is 501 g/mol. The lowest BCUT2D eigenvalue weighted by Crippen LogP contribution is -2.15. The first-order valence-corrected chi connectivity index (χ1v) is 12.5. The fourth-order valence-electron chi connectivity index (χ4n) is 2.73. The number of benzene rings is 3. The van der Waals surface area contributed by atoms with E-state index in [4.69, 9.17) is 23.2 Å². The molecule has 9 nitrogen and oxygen atoms in total. The zero-order valence-corrected chi connectivity index (χ0v) is 19.4. The fraction of sp³-hybridized carbons (Fsp3) is 0.0526. The molecule has 32 heavy (non-hydrogen) atoms. The second-order valence-corrected chi connectivity index (χ2v) is 10.8. The van der Waals surface area contributed by atoms with Crippen LogP contribution < -0.4 is 9.44 Å². The van der Waals surface area contributed by atoms with Crippen molar-refractivity contribution in [2.75, 3.05) is 9.44 Å². The Hall–Kier alpha value is -2.86. The molecule has 0 spiro atoms. The molecule has 0 aliphatic heterocycles. The van der Waals surface area contributed by atoms with Crippen LogP contribution in [0.4, 0.5) is 17.1 Å². The Labute approximate surface area is 194 Å². The summed E-state index contributed by atoms with van der Waals surface area (Å²) < 4.78 is 55.2. The highest BCUT2D eigenvalue weighted by atomic mass is 35.5. The van der Waals surface area contributed by atoms with E-state index in [1.165, 1.54) is 61.5 Å². The third kappa shape index (κ3) is 5.49. The highest BCUT2D eigenvalue weighted by Gasteiger charge is 2.21. The number of nitro benzene ring substituents is 1. The van der Waals surface area contributed by atoms with Gasteiger partial charge in [-0.15, -0.1) is 0 Å². The van der Waals surface area contributed by atoms with E-state index in [-0.39, 0.29) is 36.9 Å². The van der Waals surface area contributed by atoms with Crippen LogP contribution in [0.1, 0.15) is 5.56 Å². The number of rotatable bonds is 7. The summed E-state index contributed by atoms with van der Waals surface area (Å²) in [4.78, 5) is 9.87. The van der Waals surface area contributed by atoms with Crippen molar-refractivity contribution in [1.82, 2.24) is 0 Å². The molecule has 0 atom stereocenters. The molecule has 0 amide bonds. The molecule has 0 heterocycles. The highest BCUT2D eigenvalue weighted by Crippen LogP contribution is 2.27. The lowest BCUT2D eigenvalue weighted by Gasteiger charge is -2.12. The first kappa shape index (κ1) is 23.8. The molecule has 0 fully saturated rings. The minimum atomic E-state index is -4.16. The number of halogens is 2. The van der Waals surface area contributed by atoms with Gasteiger partial charge in [0.25, 0.3) is 25.7 Å². The summed E-state index contributed by atoms with van der Waals surface area (Å²) >= 11 is 11.7. The smallest absolute Gasteiger partial charge is 0.270 e. The van der Waals surface area contributed by atoms with Crippen LogP contribution in [0.3, 0.4) is 0 Å². The van der Waals surface area contributed by atoms with Gasteiger partial charge in [0.15, 0.2) is 0 Å². The van der Waals surface area contributed by atoms with Crippen molar-refractivity contribution < 1.29 is 21.8 Å². The molecule has 3 aromatic carbocycles. The molecule has 0 aromatic heterocycles. The van der Waals surface area contributed by atoms with Gasteiger partial charge in [0, 0.05) is 27.9 Å². The number of sulfonamides is 2. The number of non-ortho nitro benzene ring substituents is 1. The molecule has 0 aliphatic rings. The first-order chi connectivity index (χ1) is 14.9. The molecule has 168 valence electrons. The third-order valence-corrected chi connectivity index (χ3v) is 7.56. The first-order valence-electron chi connectivity index (χ1n) is 8.74. The van der Waals surface area contributed by atoms with Gasteiger partial charge in [-0.05, 0) is 55.0 Å². The molecule has 2 N–H and O–H groups in total. The zero-order valence-electron chi connectivity index (χ0n) is 16.2. The van der Waals surface area contributed by atoms with Crippen LogP contribution in [0.5, 0.6) is 0 Å². The van der Waals surface area contributed by atoms with E-state index in [1.807, 2.05) is 0 Å². The number of aryl methyl sites for hydroxylation is 1. The molecular formula is C19H15Cl2N3O6S2. The van der Waals surface area contributed by atoms with Gasteiger partial charge in [-0.3, -0.25) is 19.6 Å². The van der Waals surface area contributed by atoms with Gasteiger partial charge in [0.1, 0.15) is 0 Å². The van der Waals surface area contributed by atoms with Gasteiger partial charge in [-0.1, -0.05) is 29.3 Å². The predicted octanol–water partition coefficient (Wildman–Crippen LogP) is 4.81. The van der Waals surface area contributed by atoms with E-state index in [2.05, 4.69) is 9.44 Å². The van der Waals surface area contributed by atoms with E-state index >= 15 is 0 Å². The minimum Gasteiger partial charge on any atom is -0.280 e. The van der Waals surface area contributed by atoms with Crippen LogP contribution in [-0.4, -0.2) is 21.8 Å². The highest BCUT2D eigenvalue weighted by molar-refractivity contribution is 7.93. The van der Waals surface area contributed by atoms with Gasteiger partial charge < -0.3 is 0 Å². The van der Waals surface area contributed by atoms with Crippen molar-refractivity contribution in [2.45, 2.75) is 16.7 Å². The van der Waals surface area contributed by atoms with E-state index in [0.717, 1.165) is 6.07 Å². The second kappa shape index (κ2) is 8.94. The van der Waals surface area contributed by atoms with E-state index < -0.39 is 25.0 Å². The summed E-state index contributed by atoms with van der Waals surface area (Å²) in [7, 11) is -8.16. The molecule has 3 aromatic rings. The predicted molar refractivity (Wildman–Crippen MR) is 122 cm³/mol. The number of nitrogens with one attached hydrogen (secondary N) is 2. The molecule has 0 radical (unpaired) electrons. The van der Waals surface area contributed by atoms with Crippen LogP contribution >= 0.6 is 23.2 Å². The molecule has 13 heteroatoms. The number of nitro groups is 1. The molecule has 0 saturated heterocycles. The summed E-state index contributed by atoms with van der Waals surface area (Å²) in [5.41, 5.74) is 0.172. The number of hydrogen-bond acceptors (Lipinski definition) is 6. The van der Waals surface area contributed by atoms with Crippen LogP contribution in [0.25, 0.3) is 0 Å². The van der Waals surface area contributed by atoms with Crippen LogP contribution in [0.15, 0.2) is 70.5 Å². The molecule has 0 aliphatic carbocycles. The normalized spacial score (nSPS) is 11.7. The fourth-order valence-corrected chi connectivity index (χ4v) is 5.62. The lowest BCUT2D eigenvalue weighted by molar-refractivity contribution is -0.385. The number of hydrogen-bond donors (Lipinski definition) is 2. The van der Waals surface area contributed by atoms with Gasteiger partial charge >= 0.3 is 0 Å². The average molecular weight is 516 g/mol. The zero-order chi connectivity index (χ0) is 23.7. The van der Waals surface area contributed by atoms with Crippen molar-refractivity contribution in [2.24, 2.45) is 0 Å². The minimum absolute atomic E-state index is 0.0701. The summed E-state index contributed by atoms with van der Waals surface area (Å²) in [6.45, 7) is 1.50. The Balaban J connectivity index is 1.84. The lowest BCUT2D eigenvalue weighted by atomic mass is 10.2. The summed E-state index contributed by atoms with van der Waals surface area (Å²) in [6, 6.07) is 12.6.